The Hall–Kier alpha value is -0.000390. The topological polar surface area (TPSA) is 26.3 Å². The molecule has 0 atom stereocenters. The number of carbonyl (C=O) groups excluding carboxylic acids is 1. The van der Waals surface area contributed by atoms with Gasteiger partial charge in [-0.25, -0.2) is 0 Å². The second-order valence-corrected chi connectivity index (χ2v) is 11.4. The van der Waals surface area contributed by atoms with Crippen LogP contribution in [-0.2, 0) is 9.53 Å². The van der Waals surface area contributed by atoms with Crippen molar-refractivity contribution < 1.29 is 9.53 Å². The monoisotopic (exact) mass is 357 g/mol. The number of hydrogen-bond acceptors (Lipinski definition) is 2. The van der Waals surface area contributed by atoms with Crippen molar-refractivity contribution in [3.8, 4) is 0 Å². The zero-order valence-electron chi connectivity index (χ0n) is 11.9. The van der Waals surface area contributed by atoms with Crippen molar-refractivity contribution in [3.05, 3.63) is 12.2 Å². The molecule has 0 aromatic rings. The molecule has 0 aliphatic carbocycles. The summed E-state index contributed by atoms with van der Waals surface area (Å²) in [4.78, 5) is 11.2. The minimum atomic E-state index is -1.04. The molecule has 0 aromatic carbocycles. The molecule has 0 heterocycles. The van der Waals surface area contributed by atoms with E-state index in [1.165, 1.54) is 8.94 Å². The van der Waals surface area contributed by atoms with Crippen LogP contribution >= 0.6 is 0 Å². The van der Waals surface area contributed by atoms with Crippen LogP contribution in [0.4, 0.5) is 0 Å². The molecule has 0 N–H and O–H groups in total. The normalized spacial score (nSPS) is 12.0. The number of esters is 1. The van der Waals surface area contributed by atoms with Crippen molar-refractivity contribution in [2.45, 2.75) is 48.0 Å². The molecule has 100 valence electrons. The van der Waals surface area contributed by atoms with E-state index >= 15 is 0 Å². The first-order valence-corrected chi connectivity index (χ1v) is 11.4. The quantitative estimate of drug-likeness (QED) is 0.375. The van der Waals surface area contributed by atoms with E-state index in [1.54, 1.807) is 6.08 Å². The van der Waals surface area contributed by atoms with Crippen LogP contribution in [0.2, 0.25) is 13.4 Å². The molecule has 0 unspecified atom stereocenters. The van der Waals surface area contributed by atoms with Gasteiger partial charge in [-0.2, -0.15) is 0 Å². The van der Waals surface area contributed by atoms with Crippen molar-refractivity contribution in [2.24, 2.45) is 11.8 Å². The van der Waals surface area contributed by atoms with Crippen LogP contribution in [0, 0.1) is 11.8 Å². The molecule has 3 heteroatoms. The standard InChI is InChI=1S/C14H27O2Te/c1-6-16-14(15)8-7-9-17(10-12(2)3)11-13(4)5/h7-8,12-13H,6,9-11H2,1-5H3/q+1/b8-7+. The summed E-state index contributed by atoms with van der Waals surface area (Å²) in [7, 11) is 0. The third kappa shape index (κ3) is 10.9. The predicted molar refractivity (Wildman–Crippen MR) is 75.6 cm³/mol. The Kier molecular flexibility index (Phi) is 9.97. The molecule has 0 radical (unpaired) electrons. The third-order valence-electron chi connectivity index (χ3n) is 2.01. The molecule has 0 bridgehead atoms. The summed E-state index contributed by atoms with van der Waals surface area (Å²) in [6, 6.07) is 0. The molecule has 0 amide bonds. The van der Waals surface area contributed by atoms with Crippen LogP contribution in [0.5, 0.6) is 0 Å². The average molecular weight is 355 g/mol. The van der Waals surface area contributed by atoms with Crippen molar-refractivity contribution in [1.82, 2.24) is 0 Å². The zero-order chi connectivity index (χ0) is 13.3. The Bertz CT molecular complexity index is 224. The summed E-state index contributed by atoms with van der Waals surface area (Å²) in [5.41, 5.74) is 0. The third-order valence-corrected chi connectivity index (χ3v) is 10.4. The molecule has 0 aliphatic heterocycles. The zero-order valence-corrected chi connectivity index (χ0v) is 14.2. The Morgan fingerprint density at radius 1 is 1.18 bits per heavy atom. The van der Waals surface area contributed by atoms with Crippen LogP contribution < -0.4 is 0 Å². The van der Waals surface area contributed by atoms with Gasteiger partial charge in [-0.05, 0) is 0 Å². The first kappa shape index (κ1) is 17.0. The molecule has 0 saturated carbocycles. The van der Waals surface area contributed by atoms with Gasteiger partial charge in [0.2, 0.25) is 0 Å². The van der Waals surface area contributed by atoms with Crippen LogP contribution in [0.3, 0.4) is 0 Å². The van der Waals surface area contributed by atoms with Gasteiger partial charge in [-0.3, -0.25) is 0 Å². The molecular formula is C14H27O2Te+. The van der Waals surface area contributed by atoms with Crippen molar-refractivity contribution >= 4 is 25.5 Å². The summed E-state index contributed by atoms with van der Waals surface area (Å²) in [6.45, 7) is 11.5. The number of ether oxygens (including phenoxy) is 1. The fraction of sp³-hybridized carbons (Fsp3) is 0.786. The Morgan fingerprint density at radius 2 is 1.71 bits per heavy atom. The number of hydrogen-bond donors (Lipinski definition) is 0. The van der Waals surface area contributed by atoms with Crippen LogP contribution in [0.25, 0.3) is 0 Å². The summed E-state index contributed by atoms with van der Waals surface area (Å²) in [5.74, 6) is 1.39. The number of allylic oxidation sites excluding steroid dienone is 1. The molecule has 17 heavy (non-hydrogen) atoms. The van der Waals surface area contributed by atoms with Gasteiger partial charge in [0, 0.05) is 0 Å². The summed E-state index contributed by atoms with van der Waals surface area (Å²) >= 11 is -1.04. The average Bonchev–Trinajstić information content (AvgIpc) is 2.15. The second kappa shape index (κ2) is 9.97. The van der Waals surface area contributed by atoms with E-state index in [2.05, 4.69) is 27.7 Å². The Labute approximate surface area is 113 Å². The van der Waals surface area contributed by atoms with Gasteiger partial charge in [0.15, 0.2) is 0 Å². The van der Waals surface area contributed by atoms with Gasteiger partial charge in [0.05, 0.1) is 0 Å². The Morgan fingerprint density at radius 3 is 2.12 bits per heavy atom. The predicted octanol–water partition coefficient (Wildman–Crippen LogP) is 3.91. The van der Waals surface area contributed by atoms with Crippen molar-refractivity contribution in [1.29, 1.82) is 0 Å². The van der Waals surface area contributed by atoms with E-state index in [9.17, 15) is 4.79 Å². The van der Waals surface area contributed by atoms with Gasteiger partial charge >= 0.3 is 114 Å². The van der Waals surface area contributed by atoms with E-state index in [4.69, 9.17) is 4.74 Å². The summed E-state index contributed by atoms with van der Waals surface area (Å²) in [6.07, 6.45) is 3.65. The van der Waals surface area contributed by atoms with Gasteiger partial charge < -0.3 is 0 Å². The second-order valence-electron chi connectivity index (χ2n) is 5.05. The van der Waals surface area contributed by atoms with Crippen molar-refractivity contribution in [2.75, 3.05) is 6.61 Å². The molecule has 2 nitrogen and oxygen atoms in total. The molecule has 0 fully saturated rings. The van der Waals surface area contributed by atoms with E-state index in [1.807, 2.05) is 13.0 Å². The van der Waals surface area contributed by atoms with Crippen LogP contribution in [0.1, 0.15) is 34.6 Å². The molecule has 0 saturated heterocycles. The van der Waals surface area contributed by atoms with E-state index in [0.717, 1.165) is 16.3 Å². The van der Waals surface area contributed by atoms with Gasteiger partial charge in [-0.15, -0.1) is 0 Å². The maximum absolute atomic E-state index is 11.2. The molecule has 0 spiro atoms. The number of carbonyl (C=O) groups is 1. The number of rotatable bonds is 8. The van der Waals surface area contributed by atoms with Crippen LogP contribution in [-0.4, -0.2) is 32.1 Å². The fourth-order valence-corrected chi connectivity index (χ4v) is 9.22. The SMILES string of the molecule is CCOC(=O)/C=C/C[Te+](CC(C)C)CC(C)C. The van der Waals surface area contributed by atoms with E-state index < -0.39 is 19.6 Å². The minimum absolute atomic E-state index is 0.195. The first-order chi connectivity index (χ1) is 7.95. The van der Waals surface area contributed by atoms with E-state index in [0.29, 0.717) is 6.61 Å². The van der Waals surface area contributed by atoms with Crippen LogP contribution in [0.15, 0.2) is 12.2 Å². The maximum atomic E-state index is 11.2. The first-order valence-electron chi connectivity index (χ1n) is 6.43. The van der Waals surface area contributed by atoms with Gasteiger partial charge in [0.1, 0.15) is 0 Å². The molecule has 0 aromatic heterocycles. The Balaban J connectivity index is 4.10. The van der Waals surface area contributed by atoms with E-state index in [-0.39, 0.29) is 5.97 Å². The molecule has 0 aliphatic rings. The summed E-state index contributed by atoms with van der Waals surface area (Å²) < 4.78 is 8.83. The van der Waals surface area contributed by atoms with Gasteiger partial charge in [0.25, 0.3) is 0 Å². The van der Waals surface area contributed by atoms with Crippen molar-refractivity contribution in [3.63, 3.8) is 0 Å². The molecular weight excluding hydrogens is 328 g/mol. The molecule has 0 rings (SSSR count). The summed E-state index contributed by atoms with van der Waals surface area (Å²) in [5, 5.41) is 0. The van der Waals surface area contributed by atoms with Gasteiger partial charge in [-0.1, -0.05) is 0 Å². The fourth-order valence-electron chi connectivity index (χ4n) is 1.62.